The van der Waals surface area contributed by atoms with E-state index in [1.165, 1.54) is 11.3 Å². The average molecular weight is 244 g/mol. The SMILES string of the molecule is C=CCN1CC(CC)(CC)NCc2ccccc21. The van der Waals surface area contributed by atoms with E-state index < -0.39 is 0 Å². The normalized spacial score (nSPS) is 18.0. The van der Waals surface area contributed by atoms with Crippen LogP contribution in [0.5, 0.6) is 0 Å². The van der Waals surface area contributed by atoms with Gasteiger partial charge in [0.25, 0.3) is 0 Å². The molecule has 2 nitrogen and oxygen atoms in total. The summed E-state index contributed by atoms with van der Waals surface area (Å²) < 4.78 is 0. The Hall–Kier alpha value is -1.28. The Bertz CT molecular complexity index is 407. The van der Waals surface area contributed by atoms with Crippen LogP contribution in [0.2, 0.25) is 0 Å². The standard InChI is InChI=1S/C16H24N2/c1-4-11-18-13-16(5-2,6-3)17-12-14-9-7-8-10-15(14)18/h4,7-10,17H,1,5-6,11-13H2,2-3H3. The van der Waals surface area contributed by atoms with E-state index >= 15 is 0 Å². The van der Waals surface area contributed by atoms with Crippen LogP contribution in [-0.2, 0) is 6.54 Å². The predicted octanol–water partition coefficient (Wildman–Crippen LogP) is 3.34. The minimum atomic E-state index is 0.224. The number of fused-ring (bicyclic) bond motifs is 1. The molecule has 0 unspecified atom stereocenters. The van der Waals surface area contributed by atoms with E-state index in [1.807, 2.05) is 6.08 Å². The topological polar surface area (TPSA) is 15.3 Å². The van der Waals surface area contributed by atoms with Crippen LogP contribution in [0.3, 0.4) is 0 Å². The van der Waals surface area contributed by atoms with Gasteiger partial charge in [-0.05, 0) is 24.5 Å². The Kier molecular flexibility index (Phi) is 4.07. The van der Waals surface area contributed by atoms with Gasteiger partial charge in [0.15, 0.2) is 0 Å². The first-order chi connectivity index (χ1) is 8.74. The van der Waals surface area contributed by atoms with Crippen LogP contribution in [-0.4, -0.2) is 18.6 Å². The molecule has 0 saturated carbocycles. The first kappa shape index (κ1) is 13.2. The van der Waals surface area contributed by atoms with E-state index in [0.717, 1.165) is 32.5 Å². The van der Waals surface area contributed by atoms with Gasteiger partial charge in [-0.15, -0.1) is 6.58 Å². The van der Waals surface area contributed by atoms with Crippen LogP contribution >= 0.6 is 0 Å². The predicted molar refractivity (Wildman–Crippen MR) is 79.0 cm³/mol. The summed E-state index contributed by atoms with van der Waals surface area (Å²) in [6.07, 6.45) is 4.31. The number of nitrogens with one attached hydrogen (secondary N) is 1. The quantitative estimate of drug-likeness (QED) is 0.817. The maximum atomic E-state index is 3.90. The minimum Gasteiger partial charge on any atom is -0.366 e. The highest BCUT2D eigenvalue weighted by atomic mass is 15.2. The van der Waals surface area contributed by atoms with Crippen molar-refractivity contribution in [1.29, 1.82) is 0 Å². The number of hydrogen-bond donors (Lipinski definition) is 1. The Morgan fingerprint density at radius 3 is 2.72 bits per heavy atom. The smallest absolute Gasteiger partial charge is 0.0415 e. The molecule has 0 radical (unpaired) electrons. The molecule has 0 saturated heterocycles. The molecule has 0 fully saturated rings. The Morgan fingerprint density at radius 1 is 1.33 bits per heavy atom. The van der Waals surface area contributed by atoms with Crippen molar-refractivity contribution in [3.8, 4) is 0 Å². The lowest BCUT2D eigenvalue weighted by Gasteiger charge is -2.36. The van der Waals surface area contributed by atoms with Gasteiger partial charge in [-0.3, -0.25) is 0 Å². The number of para-hydroxylation sites is 1. The number of nitrogens with zero attached hydrogens (tertiary/aromatic N) is 1. The molecule has 0 aromatic heterocycles. The zero-order chi connectivity index (χ0) is 13.0. The minimum absolute atomic E-state index is 0.224. The summed E-state index contributed by atoms with van der Waals surface area (Å²) in [5.41, 5.74) is 2.97. The maximum absolute atomic E-state index is 3.90. The van der Waals surface area contributed by atoms with E-state index in [9.17, 15) is 0 Å². The van der Waals surface area contributed by atoms with Crippen LogP contribution < -0.4 is 10.2 Å². The van der Waals surface area contributed by atoms with Crippen molar-refractivity contribution >= 4 is 5.69 Å². The second-order valence-corrected chi connectivity index (χ2v) is 5.14. The molecule has 0 spiro atoms. The fourth-order valence-corrected chi connectivity index (χ4v) is 2.80. The molecule has 1 N–H and O–H groups in total. The zero-order valence-corrected chi connectivity index (χ0v) is 11.6. The van der Waals surface area contributed by atoms with Crippen molar-refractivity contribution in [1.82, 2.24) is 5.32 Å². The molecule has 98 valence electrons. The number of benzene rings is 1. The van der Waals surface area contributed by atoms with Gasteiger partial charge in [0.05, 0.1) is 0 Å². The summed E-state index contributed by atoms with van der Waals surface area (Å²) in [5, 5.41) is 3.76. The summed E-state index contributed by atoms with van der Waals surface area (Å²) >= 11 is 0. The van der Waals surface area contributed by atoms with Crippen LogP contribution in [0, 0.1) is 0 Å². The third kappa shape index (κ3) is 2.44. The lowest BCUT2D eigenvalue weighted by atomic mass is 9.92. The summed E-state index contributed by atoms with van der Waals surface area (Å²) in [7, 11) is 0. The molecule has 0 amide bonds. The van der Waals surface area contributed by atoms with Crippen LogP contribution in [0.1, 0.15) is 32.3 Å². The summed E-state index contributed by atoms with van der Waals surface area (Å²) in [4.78, 5) is 2.45. The van der Waals surface area contributed by atoms with Crippen molar-refractivity contribution in [2.24, 2.45) is 0 Å². The van der Waals surface area contributed by atoms with Crippen molar-refractivity contribution in [3.63, 3.8) is 0 Å². The van der Waals surface area contributed by atoms with Crippen LogP contribution in [0.4, 0.5) is 5.69 Å². The second-order valence-electron chi connectivity index (χ2n) is 5.14. The number of rotatable bonds is 4. The lowest BCUT2D eigenvalue weighted by Crippen LogP contribution is -2.51. The average Bonchev–Trinajstić information content (AvgIpc) is 2.58. The van der Waals surface area contributed by atoms with Gasteiger partial charge in [0.1, 0.15) is 0 Å². The molecule has 1 aliphatic heterocycles. The lowest BCUT2D eigenvalue weighted by molar-refractivity contribution is 0.309. The van der Waals surface area contributed by atoms with Crippen molar-refractivity contribution in [2.45, 2.75) is 38.8 Å². The highest BCUT2D eigenvalue weighted by Crippen LogP contribution is 2.29. The fourth-order valence-electron chi connectivity index (χ4n) is 2.80. The Balaban J connectivity index is 2.36. The molecule has 0 aliphatic carbocycles. The molecule has 18 heavy (non-hydrogen) atoms. The van der Waals surface area contributed by atoms with Gasteiger partial charge in [-0.25, -0.2) is 0 Å². The molecule has 0 atom stereocenters. The molecular weight excluding hydrogens is 220 g/mol. The molecule has 1 heterocycles. The molecule has 2 heteroatoms. The zero-order valence-electron chi connectivity index (χ0n) is 11.6. The first-order valence-electron chi connectivity index (χ1n) is 6.93. The van der Waals surface area contributed by atoms with Gasteiger partial charge in [-0.1, -0.05) is 38.1 Å². The monoisotopic (exact) mass is 244 g/mol. The van der Waals surface area contributed by atoms with Crippen LogP contribution in [0.15, 0.2) is 36.9 Å². The van der Waals surface area contributed by atoms with Crippen molar-refractivity contribution < 1.29 is 0 Å². The summed E-state index contributed by atoms with van der Waals surface area (Å²) in [5.74, 6) is 0. The van der Waals surface area contributed by atoms with Gasteiger partial charge in [0.2, 0.25) is 0 Å². The molecule has 1 aliphatic rings. The number of anilines is 1. The van der Waals surface area contributed by atoms with Gasteiger partial charge in [0, 0.05) is 30.9 Å². The Labute approximate surface area is 111 Å². The molecular formula is C16H24N2. The highest BCUT2D eigenvalue weighted by Gasteiger charge is 2.31. The molecule has 2 rings (SSSR count). The van der Waals surface area contributed by atoms with E-state index in [1.54, 1.807) is 0 Å². The molecule has 1 aromatic carbocycles. The van der Waals surface area contributed by atoms with Crippen LogP contribution in [0.25, 0.3) is 0 Å². The van der Waals surface area contributed by atoms with Gasteiger partial charge < -0.3 is 10.2 Å². The third-order valence-corrected chi connectivity index (χ3v) is 4.18. The second kappa shape index (κ2) is 5.57. The fraction of sp³-hybridized carbons (Fsp3) is 0.500. The molecule has 0 bridgehead atoms. The first-order valence-corrected chi connectivity index (χ1v) is 6.93. The van der Waals surface area contributed by atoms with E-state index in [4.69, 9.17) is 0 Å². The Morgan fingerprint density at radius 2 is 2.06 bits per heavy atom. The summed E-state index contributed by atoms with van der Waals surface area (Å²) in [6, 6.07) is 8.69. The largest absolute Gasteiger partial charge is 0.366 e. The van der Waals surface area contributed by atoms with E-state index in [2.05, 4.69) is 54.9 Å². The third-order valence-electron chi connectivity index (χ3n) is 4.18. The molecule has 1 aromatic rings. The van der Waals surface area contributed by atoms with Crippen molar-refractivity contribution in [3.05, 3.63) is 42.5 Å². The highest BCUT2D eigenvalue weighted by molar-refractivity contribution is 5.55. The number of hydrogen-bond acceptors (Lipinski definition) is 2. The van der Waals surface area contributed by atoms with E-state index in [-0.39, 0.29) is 5.54 Å². The van der Waals surface area contributed by atoms with Crippen molar-refractivity contribution in [2.75, 3.05) is 18.0 Å². The maximum Gasteiger partial charge on any atom is 0.0415 e. The van der Waals surface area contributed by atoms with Gasteiger partial charge in [-0.2, -0.15) is 0 Å². The van der Waals surface area contributed by atoms with E-state index in [0.29, 0.717) is 0 Å². The van der Waals surface area contributed by atoms with Gasteiger partial charge >= 0.3 is 0 Å². The summed E-state index contributed by atoms with van der Waals surface area (Å²) in [6.45, 7) is 11.4.